The molecular weight excluding hydrogens is 860 g/mol. The molecule has 1 saturated heterocycles. The number of piperazine rings is 1. The van der Waals surface area contributed by atoms with Crippen molar-refractivity contribution in [2.75, 3.05) is 49.5 Å². The molecule has 1 aliphatic heterocycles. The van der Waals surface area contributed by atoms with Crippen LogP contribution in [0.15, 0.2) is 108 Å². The molecule has 0 radical (unpaired) electrons. The summed E-state index contributed by atoms with van der Waals surface area (Å²) in [6.45, 7) is 8.53. The number of nitro benzene ring substituents is 1. The van der Waals surface area contributed by atoms with Crippen molar-refractivity contribution in [3.05, 3.63) is 129 Å². The van der Waals surface area contributed by atoms with Crippen LogP contribution in [0.25, 0.3) is 16.6 Å². The van der Waals surface area contributed by atoms with Crippen LogP contribution in [0.3, 0.4) is 0 Å². The first kappa shape index (κ1) is 45.7. The Morgan fingerprint density at radius 1 is 0.984 bits per heavy atom. The lowest BCUT2D eigenvalue weighted by atomic mass is 9.77. The standard InChI is InChI=1S/C46H51ClN8O8S/c1-46(2)18-16-33(39(28-46)31-8-10-34(47)11-9-31)30-53-21-23-54(24-22-53)35-12-14-38(42(26-35)63-36-25-32-17-20-49-44(32)50-29-36)45(57)52-64(61,62)37-13-15-40(41(27-37)55(59)60)48-19-6-4-3-5-7-43(56)51-58/h8-18,20,25-27,29,48,58H,3-7,19,21-24,28,30H2,1-2H3,(H,49,50)(H,51,56)(H,52,57). The van der Waals surface area contributed by atoms with Gasteiger partial charge < -0.3 is 19.9 Å². The summed E-state index contributed by atoms with van der Waals surface area (Å²) in [6, 6.07) is 20.0. The number of ether oxygens (including phenoxy) is 1. The quantitative estimate of drug-likeness (QED) is 0.0243. The molecule has 0 spiro atoms. The smallest absolute Gasteiger partial charge is 0.293 e. The van der Waals surface area contributed by atoms with Crippen molar-refractivity contribution >= 4 is 67.1 Å². The molecule has 64 heavy (non-hydrogen) atoms. The number of unbranched alkanes of at least 4 members (excludes halogenated alkanes) is 3. The lowest BCUT2D eigenvalue weighted by Crippen LogP contribution is -2.47. The van der Waals surface area contributed by atoms with Gasteiger partial charge in [0.2, 0.25) is 5.91 Å². The Bertz CT molecular complexity index is 2690. The van der Waals surface area contributed by atoms with Gasteiger partial charge in [-0.3, -0.25) is 29.8 Å². The van der Waals surface area contributed by atoms with Gasteiger partial charge in [0.15, 0.2) is 0 Å². The number of amides is 2. The maximum Gasteiger partial charge on any atom is 0.293 e. The van der Waals surface area contributed by atoms with Gasteiger partial charge in [-0.15, -0.1) is 0 Å². The van der Waals surface area contributed by atoms with E-state index in [2.05, 4.69) is 67.9 Å². The van der Waals surface area contributed by atoms with E-state index in [0.717, 1.165) is 49.6 Å². The summed E-state index contributed by atoms with van der Waals surface area (Å²) in [5.74, 6) is -1.03. The first-order chi connectivity index (χ1) is 30.7. The zero-order chi connectivity index (χ0) is 45.4. The summed E-state index contributed by atoms with van der Waals surface area (Å²) >= 11 is 6.22. The molecule has 3 aromatic carbocycles. The third-order valence-corrected chi connectivity index (χ3v) is 12.9. The highest BCUT2D eigenvalue weighted by molar-refractivity contribution is 7.90. The molecular formula is C46H51ClN8O8S. The average molecular weight is 911 g/mol. The molecule has 336 valence electrons. The number of H-pyrrole nitrogens is 1. The van der Waals surface area contributed by atoms with E-state index in [-0.39, 0.29) is 28.8 Å². The second-order valence-corrected chi connectivity index (χ2v) is 18.8. The fraction of sp³-hybridized carbons (Fsp3) is 0.326. The number of hydrogen-bond donors (Lipinski definition) is 5. The normalized spacial score (nSPS) is 15.3. The lowest BCUT2D eigenvalue weighted by Gasteiger charge is -2.38. The van der Waals surface area contributed by atoms with Gasteiger partial charge in [0.25, 0.3) is 21.6 Å². The van der Waals surface area contributed by atoms with Gasteiger partial charge in [-0.1, -0.05) is 62.6 Å². The van der Waals surface area contributed by atoms with E-state index < -0.39 is 37.3 Å². The molecule has 7 rings (SSSR count). The van der Waals surface area contributed by atoms with Gasteiger partial charge in [-0.2, -0.15) is 0 Å². The lowest BCUT2D eigenvalue weighted by molar-refractivity contribution is -0.384. The number of carbonyl (C=O) groups excluding carboxylic acids is 2. The Morgan fingerprint density at radius 3 is 2.50 bits per heavy atom. The number of nitro groups is 1. The molecule has 0 bridgehead atoms. The first-order valence-electron chi connectivity index (χ1n) is 21.1. The van der Waals surface area contributed by atoms with E-state index in [1.807, 2.05) is 18.2 Å². The number of pyridine rings is 1. The van der Waals surface area contributed by atoms with Gasteiger partial charge in [0.1, 0.15) is 22.8 Å². The van der Waals surface area contributed by atoms with Crippen LogP contribution in [0, 0.1) is 15.5 Å². The van der Waals surface area contributed by atoms with Crippen LogP contribution >= 0.6 is 11.6 Å². The number of rotatable bonds is 18. The SMILES string of the molecule is CC1(C)C=CC(CN2CCN(c3ccc(C(=O)NS(=O)(=O)c4ccc(NCCCCCCC(=O)NO)c([N+](=O)[O-])c4)c(Oc4cnc5[nH]ccc5c4)c3)CC2)=C(c2ccc(Cl)cc2)C1. The van der Waals surface area contributed by atoms with Crippen LogP contribution in [0.4, 0.5) is 17.1 Å². The fourth-order valence-electron chi connectivity index (χ4n) is 7.89. The first-order valence-corrected chi connectivity index (χ1v) is 23.0. The van der Waals surface area contributed by atoms with Crippen LogP contribution in [-0.2, 0) is 14.8 Å². The highest BCUT2D eigenvalue weighted by atomic mass is 35.5. The second kappa shape index (κ2) is 20.1. The Kier molecular flexibility index (Phi) is 14.3. The Labute approximate surface area is 376 Å². The van der Waals surface area contributed by atoms with Crippen molar-refractivity contribution < 1.29 is 32.9 Å². The summed E-state index contributed by atoms with van der Waals surface area (Å²) < 4.78 is 35.7. The molecule has 18 heteroatoms. The molecule has 5 aromatic rings. The monoisotopic (exact) mass is 910 g/mol. The van der Waals surface area contributed by atoms with E-state index in [0.29, 0.717) is 55.3 Å². The third-order valence-electron chi connectivity index (χ3n) is 11.4. The number of anilines is 2. The molecule has 2 aliphatic rings. The number of aromatic amines is 1. The maximum absolute atomic E-state index is 13.9. The second-order valence-electron chi connectivity index (χ2n) is 16.6. The van der Waals surface area contributed by atoms with Crippen LogP contribution < -0.4 is 25.2 Å². The molecule has 1 fully saturated rings. The van der Waals surface area contributed by atoms with E-state index in [1.54, 1.807) is 29.9 Å². The number of hydrogen-bond acceptors (Lipinski definition) is 12. The molecule has 1 aliphatic carbocycles. The number of sulfonamides is 1. The van der Waals surface area contributed by atoms with Crippen LogP contribution in [0.5, 0.6) is 11.5 Å². The van der Waals surface area contributed by atoms with Crippen LogP contribution in [-0.4, -0.2) is 84.5 Å². The molecule has 16 nitrogen and oxygen atoms in total. The minimum atomic E-state index is -4.60. The number of halogens is 1. The Morgan fingerprint density at radius 2 is 1.75 bits per heavy atom. The average Bonchev–Trinajstić information content (AvgIpc) is 3.75. The van der Waals surface area contributed by atoms with E-state index in [1.165, 1.54) is 41.1 Å². The minimum absolute atomic E-state index is 0.0329. The molecule has 2 aromatic heterocycles. The van der Waals surface area contributed by atoms with Crippen molar-refractivity contribution in [2.24, 2.45) is 5.41 Å². The molecule has 2 amide bonds. The molecule has 5 N–H and O–H groups in total. The highest BCUT2D eigenvalue weighted by Crippen LogP contribution is 2.40. The van der Waals surface area contributed by atoms with Crippen molar-refractivity contribution in [1.29, 1.82) is 0 Å². The fourth-order valence-corrected chi connectivity index (χ4v) is 9.00. The number of nitrogens with one attached hydrogen (secondary N) is 4. The number of carbonyl (C=O) groups is 2. The molecule has 0 atom stereocenters. The Balaban J connectivity index is 1.06. The number of benzene rings is 3. The number of aromatic nitrogens is 2. The van der Waals surface area contributed by atoms with Crippen molar-refractivity contribution in [1.82, 2.24) is 25.1 Å². The van der Waals surface area contributed by atoms with Gasteiger partial charge >= 0.3 is 0 Å². The molecule has 0 unspecified atom stereocenters. The predicted molar refractivity (Wildman–Crippen MR) is 246 cm³/mol. The number of allylic oxidation sites excluding steroid dienone is 2. The van der Waals surface area contributed by atoms with Crippen LogP contribution in [0.2, 0.25) is 5.02 Å². The predicted octanol–water partition coefficient (Wildman–Crippen LogP) is 8.47. The largest absolute Gasteiger partial charge is 0.455 e. The number of hydroxylamine groups is 1. The molecule has 0 saturated carbocycles. The van der Waals surface area contributed by atoms with E-state index >= 15 is 0 Å². The van der Waals surface area contributed by atoms with E-state index in [9.17, 15) is 28.1 Å². The highest BCUT2D eigenvalue weighted by Gasteiger charge is 2.28. The van der Waals surface area contributed by atoms with Gasteiger partial charge in [-0.25, -0.2) is 23.6 Å². The summed E-state index contributed by atoms with van der Waals surface area (Å²) in [4.78, 5) is 48.0. The molecule has 3 heterocycles. The van der Waals surface area contributed by atoms with Crippen molar-refractivity contribution in [3.63, 3.8) is 0 Å². The number of nitrogens with zero attached hydrogens (tertiary/aromatic N) is 4. The third kappa shape index (κ3) is 11.5. The zero-order valence-corrected chi connectivity index (χ0v) is 37.2. The summed E-state index contributed by atoms with van der Waals surface area (Å²) in [6.07, 6.45) is 11.5. The maximum atomic E-state index is 13.9. The van der Waals surface area contributed by atoms with Gasteiger partial charge in [0, 0.05) is 80.1 Å². The van der Waals surface area contributed by atoms with E-state index in [4.69, 9.17) is 21.5 Å². The minimum Gasteiger partial charge on any atom is -0.455 e. The number of fused-ring (bicyclic) bond motifs is 1. The van der Waals surface area contributed by atoms with Crippen molar-refractivity contribution in [3.8, 4) is 11.5 Å². The summed E-state index contributed by atoms with van der Waals surface area (Å²) in [5, 5.41) is 25.1. The van der Waals surface area contributed by atoms with Crippen LogP contribution in [0.1, 0.15) is 68.3 Å². The van der Waals surface area contributed by atoms with Crippen molar-refractivity contribution in [2.45, 2.75) is 57.3 Å². The topological polar surface area (TPSA) is 212 Å². The summed E-state index contributed by atoms with van der Waals surface area (Å²) in [5.41, 5.74) is 6.36. The zero-order valence-electron chi connectivity index (χ0n) is 35.6. The van der Waals surface area contributed by atoms with Gasteiger partial charge in [-0.05, 0) is 89.9 Å². The van der Waals surface area contributed by atoms with Gasteiger partial charge in [0.05, 0.1) is 21.6 Å². The Hall–Kier alpha value is -6.27. The summed E-state index contributed by atoms with van der Waals surface area (Å²) in [7, 11) is -4.60.